The summed E-state index contributed by atoms with van der Waals surface area (Å²) in [5.74, 6) is 5.60. The zero-order chi connectivity index (χ0) is 17.4. The number of nitrogens with two attached hydrogens (primary N) is 1. The maximum absolute atomic E-state index is 13.1. The van der Waals surface area contributed by atoms with Gasteiger partial charge in [-0.2, -0.15) is 0 Å². The van der Waals surface area contributed by atoms with Crippen LogP contribution in [-0.4, -0.2) is 23.5 Å². The molecule has 0 atom stereocenters. The number of hydrogen-bond donors (Lipinski definition) is 2. The number of halogens is 1. The molecule has 2 heterocycles. The minimum atomic E-state index is -0.354. The first-order valence-corrected chi connectivity index (χ1v) is 8.24. The summed E-state index contributed by atoms with van der Waals surface area (Å²) in [4.78, 5) is 12.7. The largest absolute Gasteiger partial charge is 0.339 e. The molecule has 2 aromatic carbocycles. The molecule has 25 heavy (non-hydrogen) atoms. The zero-order valence-electron chi connectivity index (χ0n) is 13.6. The number of nitrogen functional groups attached to an aromatic ring is 1. The summed E-state index contributed by atoms with van der Waals surface area (Å²) in [6.45, 7) is 1.76. The molecule has 0 aliphatic carbocycles. The van der Waals surface area contributed by atoms with Gasteiger partial charge in [-0.05, 0) is 61.0 Å². The summed E-state index contributed by atoms with van der Waals surface area (Å²) in [6.07, 6.45) is 5.00. The molecule has 4 nitrogen and oxygen atoms in total. The maximum Gasteiger partial charge on any atom is 0.193 e. The number of nitrogens with zero attached hydrogens (tertiary/aromatic N) is 1. The molecule has 0 saturated heterocycles. The van der Waals surface area contributed by atoms with Crippen LogP contribution in [0.15, 0.2) is 54.7 Å². The topological polar surface area (TPSA) is 60.0 Å². The van der Waals surface area contributed by atoms with Crippen molar-refractivity contribution in [3.63, 3.8) is 0 Å². The number of nitrogens with one attached hydrogen (secondary N) is 1. The first kappa shape index (κ1) is 15.6. The SMILES string of the molecule is Nn1cc(C2=CCNCC2)c2cc(C(=O)c3ccc(F)cc3)ccc21. The second kappa shape index (κ2) is 6.18. The summed E-state index contributed by atoms with van der Waals surface area (Å²) in [6, 6.07) is 11.1. The van der Waals surface area contributed by atoms with Crippen LogP contribution in [0.4, 0.5) is 4.39 Å². The van der Waals surface area contributed by atoms with Crippen LogP contribution in [0.2, 0.25) is 0 Å². The summed E-state index contributed by atoms with van der Waals surface area (Å²) in [7, 11) is 0. The van der Waals surface area contributed by atoms with Crippen LogP contribution in [-0.2, 0) is 0 Å². The van der Waals surface area contributed by atoms with Crippen molar-refractivity contribution in [1.29, 1.82) is 0 Å². The zero-order valence-corrected chi connectivity index (χ0v) is 13.6. The fourth-order valence-corrected chi connectivity index (χ4v) is 3.29. The minimum Gasteiger partial charge on any atom is -0.339 e. The number of carbonyl (C=O) groups excluding carboxylic acids is 1. The van der Waals surface area contributed by atoms with Crippen molar-refractivity contribution in [2.75, 3.05) is 18.9 Å². The number of hydrogen-bond acceptors (Lipinski definition) is 3. The van der Waals surface area contributed by atoms with Gasteiger partial charge in [-0.15, -0.1) is 0 Å². The van der Waals surface area contributed by atoms with Gasteiger partial charge < -0.3 is 11.2 Å². The molecule has 1 aliphatic rings. The molecule has 1 aromatic heterocycles. The lowest BCUT2D eigenvalue weighted by Crippen LogP contribution is -2.20. The van der Waals surface area contributed by atoms with E-state index >= 15 is 0 Å². The van der Waals surface area contributed by atoms with Gasteiger partial charge in [0.05, 0.1) is 5.52 Å². The Hall–Kier alpha value is -2.92. The molecule has 0 fully saturated rings. The van der Waals surface area contributed by atoms with Gasteiger partial charge in [0, 0.05) is 34.8 Å². The van der Waals surface area contributed by atoms with E-state index < -0.39 is 0 Å². The second-order valence-corrected chi connectivity index (χ2v) is 6.20. The third-order valence-electron chi connectivity index (χ3n) is 4.61. The minimum absolute atomic E-state index is 0.128. The van der Waals surface area contributed by atoms with Gasteiger partial charge in [0.15, 0.2) is 5.78 Å². The lowest BCUT2D eigenvalue weighted by atomic mass is 9.96. The maximum atomic E-state index is 13.1. The molecule has 126 valence electrons. The summed E-state index contributed by atoms with van der Waals surface area (Å²) >= 11 is 0. The van der Waals surface area contributed by atoms with Gasteiger partial charge in [-0.3, -0.25) is 9.47 Å². The van der Waals surface area contributed by atoms with E-state index in [9.17, 15) is 9.18 Å². The Morgan fingerprint density at radius 2 is 1.88 bits per heavy atom. The van der Waals surface area contributed by atoms with Gasteiger partial charge in [0.1, 0.15) is 5.82 Å². The van der Waals surface area contributed by atoms with Gasteiger partial charge in [-0.1, -0.05) is 6.08 Å². The Kier molecular flexibility index (Phi) is 3.86. The Balaban J connectivity index is 1.80. The van der Waals surface area contributed by atoms with Crippen LogP contribution in [0.1, 0.15) is 27.9 Å². The average Bonchev–Trinajstić information content (AvgIpc) is 2.99. The molecule has 0 bridgehead atoms. The highest BCUT2D eigenvalue weighted by Gasteiger charge is 2.16. The molecule has 3 N–H and O–H groups in total. The van der Waals surface area contributed by atoms with Crippen molar-refractivity contribution in [1.82, 2.24) is 9.99 Å². The van der Waals surface area contributed by atoms with Gasteiger partial charge in [0.25, 0.3) is 0 Å². The highest BCUT2D eigenvalue weighted by molar-refractivity contribution is 6.11. The quantitative estimate of drug-likeness (QED) is 0.571. The molecule has 0 amide bonds. The summed E-state index contributed by atoms with van der Waals surface area (Å²) in [5, 5.41) is 4.26. The summed E-state index contributed by atoms with van der Waals surface area (Å²) in [5.41, 5.74) is 4.22. The fraction of sp³-hybridized carbons (Fsp3) is 0.150. The normalized spacial score (nSPS) is 14.5. The van der Waals surface area contributed by atoms with E-state index in [-0.39, 0.29) is 11.6 Å². The van der Waals surface area contributed by atoms with Gasteiger partial charge in [0.2, 0.25) is 0 Å². The Morgan fingerprint density at radius 3 is 2.60 bits per heavy atom. The van der Waals surface area contributed by atoms with Crippen LogP contribution in [0, 0.1) is 5.82 Å². The highest BCUT2D eigenvalue weighted by atomic mass is 19.1. The molecule has 1 aliphatic heterocycles. The van der Waals surface area contributed by atoms with Crippen LogP contribution in [0.5, 0.6) is 0 Å². The van der Waals surface area contributed by atoms with Gasteiger partial charge in [-0.25, -0.2) is 4.39 Å². The number of carbonyl (C=O) groups is 1. The Morgan fingerprint density at radius 1 is 1.12 bits per heavy atom. The molecule has 0 saturated carbocycles. The monoisotopic (exact) mass is 335 g/mol. The predicted molar refractivity (Wildman–Crippen MR) is 97.4 cm³/mol. The van der Waals surface area contributed by atoms with E-state index in [1.54, 1.807) is 10.7 Å². The van der Waals surface area contributed by atoms with E-state index in [0.29, 0.717) is 11.1 Å². The van der Waals surface area contributed by atoms with Crippen LogP contribution < -0.4 is 11.2 Å². The van der Waals surface area contributed by atoms with E-state index in [4.69, 9.17) is 5.84 Å². The van der Waals surface area contributed by atoms with E-state index in [0.717, 1.165) is 36.0 Å². The number of benzene rings is 2. The van der Waals surface area contributed by atoms with E-state index in [1.807, 2.05) is 18.3 Å². The number of rotatable bonds is 3. The number of aromatic nitrogens is 1. The van der Waals surface area contributed by atoms with Crippen molar-refractivity contribution in [2.45, 2.75) is 6.42 Å². The predicted octanol–water partition coefficient (Wildman–Crippen LogP) is 3.10. The summed E-state index contributed by atoms with van der Waals surface area (Å²) < 4.78 is 14.7. The average molecular weight is 335 g/mol. The lowest BCUT2D eigenvalue weighted by Gasteiger charge is -2.13. The fourth-order valence-electron chi connectivity index (χ4n) is 3.29. The van der Waals surface area contributed by atoms with Crippen molar-refractivity contribution < 1.29 is 9.18 Å². The van der Waals surface area contributed by atoms with Crippen LogP contribution in [0.3, 0.4) is 0 Å². The van der Waals surface area contributed by atoms with Crippen LogP contribution in [0.25, 0.3) is 16.5 Å². The first-order valence-electron chi connectivity index (χ1n) is 8.24. The Labute approximate surface area is 144 Å². The first-order chi connectivity index (χ1) is 12.1. The molecular formula is C20H18FN3O. The molecule has 3 aromatic rings. The van der Waals surface area contributed by atoms with E-state index in [1.165, 1.54) is 29.8 Å². The van der Waals surface area contributed by atoms with E-state index in [2.05, 4.69) is 11.4 Å². The second-order valence-electron chi connectivity index (χ2n) is 6.20. The molecule has 0 radical (unpaired) electrons. The lowest BCUT2D eigenvalue weighted by molar-refractivity contribution is 0.103. The smallest absolute Gasteiger partial charge is 0.193 e. The van der Waals surface area contributed by atoms with Crippen molar-refractivity contribution >= 4 is 22.3 Å². The van der Waals surface area contributed by atoms with Crippen LogP contribution >= 0.6 is 0 Å². The number of fused-ring (bicyclic) bond motifs is 1. The molecule has 0 unspecified atom stereocenters. The van der Waals surface area contributed by atoms with Gasteiger partial charge >= 0.3 is 0 Å². The standard InChI is InChI=1S/C20H18FN3O/c21-16-4-1-14(2-5-16)20(25)15-3-6-19-17(11-15)18(12-24(19)22)13-7-9-23-10-8-13/h1-7,11-12,23H,8-10,22H2. The molecule has 4 rings (SSSR count). The number of ketones is 1. The van der Waals surface area contributed by atoms with Crippen molar-refractivity contribution in [3.05, 3.63) is 77.2 Å². The van der Waals surface area contributed by atoms with Crippen molar-refractivity contribution in [2.24, 2.45) is 0 Å². The molecule has 5 heteroatoms. The highest BCUT2D eigenvalue weighted by Crippen LogP contribution is 2.30. The Bertz CT molecular complexity index is 986. The molecular weight excluding hydrogens is 317 g/mol. The third kappa shape index (κ3) is 2.83. The van der Waals surface area contributed by atoms with Crippen molar-refractivity contribution in [3.8, 4) is 0 Å². The third-order valence-corrected chi connectivity index (χ3v) is 4.61. The molecule has 0 spiro atoms.